The topological polar surface area (TPSA) is 55.8 Å². The molecule has 1 aliphatic heterocycles. The van der Waals surface area contributed by atoms with E-state index in [2.05, 4.69) is 22.0 Å². The van der Waals surface area contributed by atoms with Crippen LogP contribution in [0.3, 0.4) is 0 Å². The van der Waals surface area contributed by atoms with E-state index < -0.39 is 17.7 Å². The normalized spacial score (nSPS) is 30.2. The Morgan fingerprint density at radius 2 is 2.13 bits per heavy atom. The van der Waals surface area contributed by atoms with Gasteiger partial charge in [0.2, 0.25) is 12.0 Å². The van der Waals surface area contributed by atoms with Crippen molar-refractivity contribution < 1.29 is 19.4 Å². The van der Waals surface area contributed by atoms with Gasteiger partial charge in [0.05, 0.1) is 12.5 Å². The fourth-order valence-electron chi connectivity index (χ4n) is 3.47. The number of hydrogen-bond acceptors (Lipinski definition) is 4. The van der Waals surface area contributed by atoms with Gasteiger partial charge in [0.15, 0.2) is 0 Å². The van der Waals surface area contributed by atoms with Gasteiger partial charge in [0, 0.05) is 10.4 Å². The largest absolute Gasteiger partial charge is 0.463 e. The summed E-state index contributed by atoms with van der Waals surface area (Å²) < 4.78 is 11.2. The fourth-order valence-corrected chi connectivity index (χ4v) is 4.34. The highest BCUT2D eigenvalue weighted by Crippen LogP contribution is 2.56. The number of ether oxygens (including phenoxy) is 2. The van der Waals surface area contributed by atoms with Crippen molar-refractivity contribution in [3.8, 4) is 0 Å². The van der Waals surface area contributed by atoms with E-state index in [-0.39, 0.29) is 11.7 Å². The zero-order valence-corrected chi connectivity index (χ0v) is 14.5. The number of rotatable bonds is 2. The second-order valence-corrected chi connectivity index (χ2v) is 6.72. The molecule has 4 nitrogen and oxygen atoms in total. The van der Waals surface area contributed by atoms with Gasteiger partial charge in [-0.25, -0.2) is 4.79 Å². The summed E-state index contributed by atoms with van der Waals surface area (Å²) in [5, 5.41) is 10.8. The molecule has 1 spiro atoms. The zero-order valence-electron chi connectivity index (χ0n) is 12.9. The van der Waals surface area contributed by atoms with Gasteiger partial charge in [-0.05, 0) is 30.9 Å². The number of halogens is 1. The monoisotopic (exact) mass is 378 g/mol. The molecule has 0 amide bonds. The maximum atomic E-state index is 11.9. The van der Waals surface area contributed by atoms with E-state index in [1.807, 2.05) is 30.3 Å². The molecular weight excluding hydrogens is 360 g/mol. The second-order valence-electron chi connectivity index (χ2n) is 5.87. The van der Waals surface area contributed by atoms with Crippen LogP contribution < -0.4 is 0 Å². The highest BCUT2D eigenvalue weighted by molar-refractivity contribution is 9.11. The minimum Gasteiger partial charge on any atom is -0.463 e. The van der Waals surface area contributed by atoms with Crippen LogP contribution in [0.5, 0.6) is 0 Å². The minimum atomic E-state index is -1.11. The molecule has 1 aromatic carbocycles. The molecule has 0 bridgehead atoms. The van der Waals surface area contributed by atoms with Crippen LogP contribution in [0.15, 0.2) is 52.7 Å². The second kappa shape index (κ2) is 6.49. The number of hydrogen-bond donors (Lipinski definition) is 1. The van der Waals surface area contributed by atoms with Crippen LogP contribution in [0.2, 0.25) is 0 Å². The van der Waals surface area contributed by atoms with Gasteiger partial charge in [0.1, 0.15) is 0 Å². The first-order chi connectivity index (χ1) is 11.1. The van der Waals surface area contributed by atoms with Gasteiger partial charge < -0.3 is 14.6 Å². The molecule has 3 atom stereocenters. The Morgan fingerprint density at radius 1 is 1.39 bits per heavy atom. The number of carbonyl (C=O) groups is 1. The SMILES string of the molecule is COC(=O)C1=C[C@@H](c2ccccc2)[C@@]2(CCCC=C2Br)C(O)O1. The predicted molar refractivity (Wildman–Crippen MR) is 89.7 cm³/mol. The van der Waals surface area contributed by atoms with Crippen LogP contribution in [-0.4, -0.2) is 24.5 Å². The number of allylic oxidation sites excluding steroid dienone is 2. The number of carbonyl (C=O) groups excluding carboxylic acids is 1. The Labute approximate surface area is 143 Å². The molecule has 3 rings (SSSR count). The molecule has 0 saturated heterocycles. The molecular formula is C18H19BrO4. The van der Waals surface area contributed by atoms with E-state index in [4.69, 9.17) is 9.47 Å². The Kier molecular flexibility index (Phi) is 4.60. The lowest BCUT2D eigenvalue weighted by Crippen LogP contribution is -2.46. The summed E-state index contributed by atoms with van der Waals surface area (Å²) in [6.07, 6.45) is 5.44. The van der Waals surface area contributed by atoms with Crippen molar-refractivity contribution in [3.05, 3.63) is 58.3 Å². The maximum Gasteiger partial charge on any atom is 0.373 e. The van der Waals surface area contributed by atoms with Gasteiger partial charge in [-0.2, -0.15) is 0 Å². The summed E-state index contributed by atoms with van der Waals surface area (Å²) in [6, 6.07) is 9.87. The van der Waals surface area contributed by atoms with E-state index in [1.54, 1.807) is 6.08 Å². The number of aliphatic hydroxyl groups is 1. The molecule has 122 valence electrons. The van der Waals surface area contributed by atoms with Crippen LogP contribution in [0.4, 0.5) is 0 Å². The molecule has 1 N–H and O–H groups in total. The van der Waals surface area contributed by atoms with Gasteiger partial charge in [0.25, 0.3) is 0 Å². The predicted octanol–water partition coefficient (Wildman–Crippen LogP) is 3.62. The van der Waals surface area contributed by atoms with Crippen molar-refractivity contribution in [1.82, 2.24) is 0 Å². The highest BCUT2D eigenvalue weighted by atomic mass is 79.9. The Morgan fingerprint density at radius 3 is 2.78 bits per heavy atom. The number of aliphatic hydroxyl groups excluding tert-OH is 1. The molecule has 23 heavy (non-hydrogen) atoms. The first kappa shape index (κ1) is 16.3. The van der Waals surface area contributed by atoms with Crippen molar-refractivity contribution >= 4 is 21.9 Å². The van der Waals surface area contributed by atoms with Crippen LogP contribution in [0.1, 0.15) is 30.7 Å². The van der Waals surface area contributed by atoms with Crippen molar-refractivity contribution in [2.45, 2.75) is 31.5 Å². The number of benzene rings is 1. The first-order valence-corrected chi connectivity index (χ1v) is 8.45. The standard InChI is InChI=1S/C18H19BrO4/c1-22-16(20)14-11-13(12-7-3-2-4-8-12)18(17(21)23-14)10-6-5-9-15(18)19/h2-4,7-9,11,13,17,21H,5-6,10H2,1H3/t13-,17?,18+/m0/s1. The van der Waals surface area contributed by atoms with Crippen molar-refractivity contribution in [3.63, 3.8) is 0 Å². The molecule has 0 saturated carbocycles. The molecule has 0 aromatic heterocycles. The summed E-state index contributed by atoms with van der Waals surface area (Å²) in [5.41, 5.74) is 0.417. The molecule has 1 heterocycles. The summed E-state index contributed by atoms with van der Waals surface area (Å²) in [4.78, 5) is 11.9. The summed E-state index contributed by atoms with van der Waals surface area (Å²) in [7, 11) is 1.30. The number of methoxy groups -OCH3 is 1. The highest BCUT2D eigenvalue weighted by Gasteiger charge is 2.52. The average molecular weight is 379 g/mol. The van der Waals surface area contributed by atoms with E-state index in [1.165, 1.54) is 7.11 Å². The van der Waals surface area contributed by atoms with Gasteiger partial charge in [-0.15, -0.1) is 0 Å². The zero-order chi connectivity index (χ0) is 16.4. The van der Waals surface area contributed by atoms with Crippen LogP contribution in [0, 0.1) is 5.41 Å². The molecule has 1 unspecified atom stereocenters. The third kappa shape index (κ3) is 2.72. The quantitative estimate of drug-likeness (QED) is 0.798. The smallest absolute Gasteiger partial charge is 0.373 e. The van der Waals surface area contributed by atoms with Crippen LogP contribution in [0.25, 0.3) is 0 Å². The summed E-state index contributed by atoms with van der Waals surface area (Å²) >= 11 is 3.63. The van der Waals surface area contributed by atoms with Crippen molar-refractivity contribution in [1.29, 1.82) is 0 Å². The lowest BCUT2D eigenvalue weighted by atomic mass is 9.65. The van der Waals surface area contributed by atoms with E-state index in [0.29, 0.717) is 0 Å². The number of esters is 1. The lowest BCUT2D eigenvalue weighted by Gasteiger charge is -2.47. The molecule has 5 heteroatoms. The van der Waals surface area contributed by atoms with Gasteiger partial charge in [-0.1, -0.05) is 52.3 Å². The van der Waals surface area contributed by atoms with E-state index >= 15 is 0 Å². The van der Waals surface area contributed by atoms with Crippen LogP contribution >= 0.6 is 15.9 Å². The Bertz CT molecular complexity index is 652. The van der Waals surface area contributed by atoms with Crippen molar-refractivity contribution in [2.24, 2.45) is 5.41 Å². The first-order valence-electron chi connectivity index (χ1n) is 7.65. The van der Waals surface area contributed by atoms with E-state index in [0.717, 1.165) is 29.3 Å². The summed E-state index contributed by atoms with van der Waals surface area (Å²) in [6.45, 7) is 0. The van der Waals surface area contributed by atoms with Crippen molar-refractivity contribution in [2.75, 3.05) is 7.11 Å². The van der Waals surface area contributed by atoms with Crippen LogP contribution in [-0.2, 0) is 14.3 Å². The maximum absolute atomic E-state index is 11.9. The Balaban J connectivity index is 2.15. The lowest BCUT2D eigenvalue weighted by molar-refractivity contribution is -0.172. The van der Waals surface area contributed by atoms with Gasteiger partial charge in [-0.3, -0.25) is 0 Å². The molecule has 2 aliphatic rings. The minimum absolute atomic E-state index is 0.0605. The Hall–Kier alpha value is -1.59. The molecule has 0 fully saturated rings. The fraction of sp³-hybridized carbons (Fsp3) is 0.389. The third-order valence-electron chi connectivity index (χ3n) is 4.66. The third-order valence-corrected chi connectivity index (χ3v) is 5.72. The summed E-state index contributed by atoms with van der Waals surface area (Å²) in [5.74, 6) is -0.687. The molecule has 0 radical (unpaired) electrons. The molecule has 1 aliphatic carbocycles. The average Bonchev–Trinajstić information content (AvgIpc) is 2.59. The van der Waals surface area contributed by atoms with Gasteiger partial charge >= 0.3 is 5.97 Å². The molecule has 1 aromatic rings. The van der Waals surface area contributed by atoms with E-state index in [9.17, 15) is 9.90 Å².